The first-order chi connectivity index (χ1) is 13.2. The van der Waals surface area contributed by atoms with Crippen molar-refractivity contribution >= 4 is 11.0 Å². The van der Waals surface area contributed by atoms with Gasteiger partial charge in [0.1, 0.15) is 0 Å². The largest absolute Gasteiger partial charge is 0.249 e. The van der Waals surface area contributed by atoms with E-state index in [1.54, 1.807) is 11.1 Å². The third-order valence-corrected chi connectivity index (χ3v) is 6.06. The molecule has 0 radical (unpaired) electrons. The Bertz CT molecular complexity index is 958. The maximum Gasteiger partial charge on any atom is 0.0925 e. The molecule has 0 fully saturated rings. The third-order valence-electron chi connectivity index (χ3n) is 6.06. The molecule has 1 aliphatic carbocycles. The van der Waals surface area contributed by atoms with Crippen molar-refractivity contribution in [2.45, 2.75) is 71.6 Å². The molecule has 3 aromatic rings. The second-order valence-corrected chi connectivity index (χ2v) is 7.96. The van der Waals surface area contributed by atoms with E-state index in [2.05, 4.69) is 51.1 Å². The summed E-state index contributed by atoms with van der Waals surface area (Å²) >= 11 is 0. The third kappa shape index (κ3) is 3.50. The molecule has 0 saturated heterocycles. The summed E-state index contributed by atoms with van der Waals surface area (Å²) in [6.45, 7) is 6.70. The molecule has 1 unspecified atom stereocenters. The van der Waals surface area contributed by atoms with Gasteiger partial charge in [-0.05, 0) is 79.8 Å². The highest BCUT2D eigenvalue weighted by Gasteiger charge is 2.26. The van der Waals surface area contributed by atoms with E-state index in [4.69, 9.17) is 9.97 Å². The van der Waals surface area contributed by atoms with Gasteiger partial charge in [0.15, 0.2) is 0 Å². The Balaban J connectivity index is 1.86. The van der Waals surface area contributed by atoms with Crippen LogP contribution in [0, 0.1) is 6.92 Å². The minimum atomic E-state index is 0.660. The Hall–Kier alpha value is -2.22. The van der Waals surface area contributed by atoms with E-state index in [1.807, 2.05) is 6.07 Å². The van der Waals surface area contributed by atoms with E-state index in [-0.39, 0.29) is 0 Å². The van der Waals surface area contributed by atoms with Crippen LogP contribution in [0.15, 0.2) is 36.4 Å². The molecule has 2 aromatic carbocycles. The van der Waals surface area contributed by atoms with Crippen LogP contribution in [0.4, 0.5) is 0 Å². The molecule has 0 saturated carbocycles. The second-order valence-electron chi connectivity index (χ2n) is 7.96. The first-order valence-corrected chi connectivity index (χ1v) is 10.6. The number of benzene rings is 2. The molecule has 1 heterocycles. The van der Waals surface area contributed by atoms with Gasteiger partial charge >= 0.3 is 0 Å². The average Bonchev–Trinajstić information content (AvgIpc) is 3.10. The molecule has 2 heteroatoms. The summed E-state index contributed by atoms with van der Waals surface area (Å²) < 4.78 is 0. The zero-order valence-corrected chi connectivity index (χ0v) is 16.9. The normalized spacial score (nSPS) is 16.0. The Labute approximate surface area is 163 Å². The van der Waals surface area contributed by atoms with Gasteiger partial charge in [-0.3, -0.25) is 0 Å². The number of fused-ring (bicyclic) bond motifs is 2. The molecule has 4 rings (SSSR count). The number of unbranched alkanes of at least 4 members (excludes halogenated alkanes) is 2. The summed E-state index contributed by atoms with van der Waals surface area (Å²) in [5, 5.41) is 0. The highest BCUT2D eigenvalue weighted by atomic mass is 14.8. The Kier molecular flexibility index (Phi) is 5.24. The fourth-order valence-corrected chi connectivity index (χ4v) is 4.61. The van der Waals surface area contributed by atoms with Crippen LogP contribution in [-0.2, 0) is 12.8 Å². The molecular weight excluding hydrogens is 328 g/mol. The first-order valence-electron chi connectivity index (χ1n) is 10.6. The summed E-state index contributed by atoms with van der Waals surface area (Å²) in [5.74, 6) is 0.660. The van der Waals surface area contributed by atoms with Crippen LogP contribution in [0.2, 0.25) is 0 Å². The van der Waals surface area contributed by atoms with Crippen LogP contribution in [0.3, 0.4) is 0 Å². The summed E-state index contributed by atoms with van der Waals surface area (Å²) in [5.41, 5.74) is 10.0. The first kappa shape index (κ1) is 18.2. The lowest BCUT2D eigenvalue weighted by Crippen LogP contribution is -2.02. The second kappa shape index (κ2) is 7.80. The SMILES string of the molecule is CCCCCc1cc2c(c(-c3nc4ccccc4nc3C)c1)C(CC)CC2. The molecule has 0 aliphatic heterocycles. The van der Waals surface area contributed by atoms with Gasteiger partial charge in [-0.2, -0.15) is 0 Å². The Morgan fingerprint density at radius 3 is 2.52 bits per heavy atom. The van der Waals surface area contributed by atoms with Crippen LogP contribution < -0.4 is 0 Å². The van der Waals surface area contributed by atoms with Gasteiger partial charge in [-0.15, -0.1) is 0 Å². The van der Waals surface area contributed by atoms with Crippen molar-refractivity contribution in [3.63, 3.8) is 0 Å². The van der Waals surface area contributed by atoms with Crippen molar-refractivity contribution in [3.8, 4) is 11.3 Å². The topological polar surface area (TPSA) is 25.8 Å². The molecule has 0 amide bonds. The smallest absolute Gasteiger partial charge is 0.0925 e. The predicted octanol–water partition coefficient (Wildman–Crippen LogP) is 6.78. The van der Waals surface area contributed by atoms with Gasteiger partial charge in [0.2, 0.25) is 0 Å². The van der Waals surface area contributed by atoms with Crippen molar-refractivity contribution in [2.75, 3.05) is 0 Å². The standard InChI is InChI=1S/C25H30N2/c1-4-6-7-10-18-15-20-14-13-19(5-2)24(20)21(16-18)25-17(3)26-22-11-8-9-12-23(22)27-25/h8-9,11-12,15-16,19H,4-7,10,13-14H2,1-3H3. The lowest BCUT2D eigenvalue weighted by Gasteiger charge is -2.18. The van der Waals surface area contributed by atoms with E-state index in [9.17, 15) is 0 Å². The van der Waals surface area contributed by atoms with Crippen molar-refractivity contribution in [2.24, 2.45) is 0 Å². The fourth-order valence-electron chi connectivity index (χ4n) is 4.61. The molecule has 0 N–H and O–H groups in total. The summed E-state index contributed by atoms with van der Waals surface area (Å²) in [7, 11) is 0. The summed E-state index contributed by atoms with van der Waals surface area (Å²) in [6.07, 6.45) is 8.71. The van der Waals surface area contributed by atoms with Gasteiger partial charge in [0.05, 0.1) is 22.4 Å². The monoisotopic (exact) mass is 358 g/mol. The van der Waals surface area contributed by atoms with E-state index in [0.717, 1.165) is 22.4 Å². The highest BCUT2D eigenvalue weighted by molar-refractivity contribution is 5.80. The minimum absolute atomic E-state index is 0.660. The molecule has 140 valence electrons. The molecule has 1 aliphatic rings. The number of aromatic nitrogens is 2. The number of hydrogen-bond donors (Lipinski definition) is 0. The number of nitrogens with zero attached hydrogens (tertiary/aromatic N) is 2. The van der Waals surface area contributed by atoms with E-state index in [1.165, 1.54) is 56.1 Å². The van der Waals surface area contributed by atoms with Crippen molar-refractivity contribution in [3.05, 3.63) is 58.8 Å². The van der Waals surface area contributed by atoms with Crippen LogP contribution in [0.25, 0.3) is 22.3 Å². The van der Waals surface area contributed by atoms with E-state index >= 15 is 0 Å². The Morgan fingerprint density at radius 2 is 1.78 bits per heavy atom. The quantitative estimate of drug-likeness (QED) is 0.454. The van der Waals surface area contributed by atoms with Gasteiger partial charge in [0.25, 0.3) is 0 Å². The lowest BCUT2D eigenvalue weighted by atomic mass is 9.89. The maximum absolute atomic E-state index is 5.07. The Morgan fingerprint density at radius 1 is 1.00 bits per heavy atom. The van der Waals surface area contributed by atoms with Gasteiger partial charge in [-0.25, -0.2) is 9.97 Å². The number of hydrogen-bond acceptors (Lipinski definition) is 2. The average molecular weight is 359 g/mol. The summed E-state index contributed by atoms with van der Waals surface area (Å²) in [4.78, 5) is 9.94. The zero-order valence-electron chi connectivity index (χ0n) is 16.9. The van der Waals surface area contributed by atoms with Crippen LogP contribution in [0.1, 0.15) is 74.3 Å². The number of rotatable bonds is 6. The number of para-hydroxylation sites is 2. The van der Waals surface area contributed by atoms with Gasteiger partial charge in [0, 0.05) is 5.56 Å². The van der Waals surface area contributed by atoms with Crippen molar-refractivity contribution in [1.29, 1.82) is 0 Å². The molecule has 1 atom stereocenters. The van der Waals surface area contributed by atoms with Crippen LogP contribution in [-0.4, -0.2) is 9.97 Å². The van der Waals surface area contributed by atoms with Crippen LogP contribution in [0.5, 0.6) is 0 Å². The van der Waals surface area contributed by atoms with Crippen molar-refractivity contribution in [1.82, 2.24) is 9.97 Å². The predicted molar refractivity (Wildman–Crippen MR) is 114 cm³/mol. The van der Waals surface area contributed by atoms with Gasteiger partial charge < -0.3 is 0 Å². The minimum Gasteiger partial charge on any atom is -0.249 e. The highest BCUT2D eigenvalue weighted by Crippen LogP contribution is 2.43. The maximum atomic E-state index is 5.07. The molecule has 0 spiro atoms. The van der Waals surface area contributed by atoms with E-state index in [0.29, 0.717) is 5.92 Å². The zero-order chi connectivity index (χ0) is 18.8. The molecule has 2 nitrogen and oxygen atoms in total. The van der Waals surface area contributed by atoms with Gasteiger partial charge in [-0.1, -0.05) is 44.9 Å². The van der Waals surface area contributed by atoms with Crippen LogP contribution >= 0.6 is 0 Å². The van der Waals surface area contributed by atoms with Crippen molar-refractivity contribution < 1.29 is 0 Å². The molecular formula is C25H30N2. The molecule has 1 aromatic heterocycles. The molecule has 0 bridgehead atoms. The lowest BCUT2D eigenvalue weighted by molar-refractivity contribution is 0.657. The van der Waals surface area contributed by atoms with E-state index < -0.39 is 0 Å². The molecule has 27 heavy (non-hydrogen) atoms. The summed E-state index contributed by atoms with van der Waals surface area (Å²) in [6, 6.07) is 13.1. The number of aryl methyl sites for hydroxylation is 3. The fraction of sp³-hybridized carbons (Fsp3) is 0.440.